The Hall–Kier alpha value is -4.27. The van der Waals surface area contributed by atoms with Gasteiger partial charge in [-0.2, -0.15) is 0 Å². The standard InChI is InChI=1S/C25H26N4O5/c1-25(2,10-12-33-20-6-4-5-19-17(20)9-11-27-19)29-24(31)23(30)28-16-7-8-18(21(13-16)32-3)22-14-26-15-34-22/h4-9,11,13-15,27H,10,12H2,1-3H3,(H,28,30)(H,29,31). The van der Waals surface area contributed by atoms with Crippen molar-refractivity contribution in [3.8, 4) is 22.8 Å². The van der Waals surface area contributed by atoms with E-state index in [1.54, 1.807) is 24.4 Å². The summed E-state index contributed by atoms with van der Waals surface area (Å²) >= 11 is 0. The second kappa shape index (κ2) is 9.70. The number of nitrogens with zero attached hydrogens (tertiary/aromatic N) is 1. The van der Waals surface area contributed by atoms with Crippen LogP contribution >= 0.6 is 0 Å². The summed E-state index contributed by atoms with van der Waals surface area (Å²) in [5, 5.41) is 6.36. The van der Waals surface area contributed by atoms with Crippen LogP contribution in [0.25, 0.3) is 22.2 Å². The van der Waals surface area contributed by atoms with Crippen molar-refractivity contribution < 1.29 is 23.5 Å². The Balaban J connectivity index is 1.32. The highest BCUT2D eigenvalue weighted by Crippen LogP contribution is 2.32. The van der Waals surface area contributed by atoms with E-state index in [1.165, 1.54) is 13.5 Å². The van der Waals surface area contributed by atoms with Crippen LogP contribution in [0.5, 0.6) is 11.5 Å². The SMILES string of the molecule is COc1cc(NC(=O)C(=O)NC(C)(C)CCOc2cccc3[nH]ccc23)ccc1-c1cnco1. The number of rotatable bonds is 8. The molecule has 0 fully saturated rings. The normalized spacial score (nSPS) is 11.3. The second-order valence-electron chi connectivity index (χ2n) is 8.37. The molecule has 9 nitrogen and oxygen atoms in total. The lowest BCUT2D eigenvalue weighted by Crippen LogP contribution is -2.48. The number of oxazole rings is 1. The summed E-state index contributed by atoms with van der Waals surface area (Å²) in [5.41, 5.74) is 1.43. The van der Waals surface area contributed by atoms with Gasteiger partial charge in [0.05, 0.1) is 25.5 Å². The van der Waals surface area contributed by atoms with Gasteiger partial charge in [0, 0.05) is 40.8 Å². The molecule has 2 amide bonds. The predicted octanol–water partition coefficient (Wildman–Crippen LogP) is 4.13. The lowest BCUT2D eigenvalue weighted by Gasteiger charge is -2.26. The number of methoxy groups -OCH3 is 1. The van der Waals surface area contributed by atoms with Crippen molar-refractivity contribution in [2.75, 3.05) is 19.0 Å². The highest BCUT2D eigenvalue weighted by Gasteiger charge is 2.25. The number of benzene rings is 2. The van der Waals surface area contributed by atoms with Crippen LogP contribution in [0.3, 0.4) is 0 Å². The molecule has 0 saturated heterocycles. The maximum Gasteiger partial charge on any atom is 0.313 e. The van der Waals surface area contributed by atoms with E-state index in [-0.39, 0.29) is 0 Å². The molecule has 0 aliphatic rings. The largest absolute Gasteiger partial charge is 0.496 e. The van der Waals surface area contributed by atoms with Gasteiger partial charge >= 0.3 is 11.8 Å². The highest BCUT2D eigenvalue weighted by atomic mass is 16.5. The quantitative estimate of drug-likeness (QED) is 0.339. The fraction of sp³-hybridized carbons (Fsp3) is 0.240. The van der Waals surface area contributed by atoms with Gasteiger partial charge < -0.3 is 29.5 Å². The summed E-state index contributed by atoms with van der Waals surface area (Å²) in [6, 6.07) is 12.7. The lowest BCUT2D eigenvalue weighted by atomic mass is 10.0. The molecule has 34 heavy (non-hydrogen) atoms. The van der Waals surface area contributed by atoms with Crippen molar-refractivity contribution in [2.24, 2.45) is 0 Å². The summed E-state index contributed by atoms with van der Waals surface area (Å²) in [6.45, 7) is 4.06. The molecule has 0 saturated carbocycles. The molecule has 0 unspecified atom stereocenters. The number of aromatic nitrogens is 2. The van der Waals surface area contributed by atoms with Crippen LogP contribution in [-0.2, 0) is 9.59 Å². The molecule has 0 atom stereocenters. The number of carbonyl (C=O) groups excluding carboxylic acids is 2. The Morgan fingerprint density at radius 3 is 2.74 bits per heavy atom. The van der Waals surface area contributed by atoms with Gasteiger partial charge in [-0.1, -0.05) is 6.07 Å². The number of aromatic amines is 1. The summed E-state index contributed by atoms with van der Waals surface area (Å²) < 4.78 is 16.6. The Morgan fingerprint density at radius 2 is 1.97 bits per heavy atom. The van der Waals surface area contributed by atoms with Gasteiger partial charge in [-0.25, -0.2) is 4.98 Å². The molecule has 0 aliphatic carbocycles. The zero-order valence-corrected chi connectivity index (χ0v) is 19.2. The van der Waals surface area contributed by atoms with Crippen LogP contribution in [-0.4, -0.2) is 41.0 Å². The molecule has 4 aromatic rings. The van der Waals surface area contributed by atoms with Gasteiger partial charge in [0.15, 0.2) is 12.2 Å². The van der Waals surface area contributed by atoms with Crippen LogP contribution in [0.15, 0.2) is 65.7 Å². The molecule has 0 bridgehead atoms. The monoisotopic (exact) mass is 462 g/mol. The van der Waals surface area contributed by atoms with Gasteiger partial charge in [0.2, 0.25) is 0 Å². The average molecular weight is 463 g/mol. The summed E-state index contributed by atoms with van der Waals surface area (Å²) in [5.74, 6) is 0.256. The van der Waals surface area contributed by atoms with Crippen LogP contribution in [0.1, 0.15) is 20.3 Å². The molecule has 2 aromatic heterocycles. The number of fused-ring (bicyclic) bond motifs is 1. The number of hydrogen-bond acceptors (Lipinski definition) is 6. The Labute approximate surface area is 196 Å². The van der Waals surface area contributed by atoms with E-state index >= 15 is 0 Å². The van der Waals surface area contributed by atoms with E-state index < -0.39 is 17.4 Å². The molecule has 2 heterocycles. The fourth-order valence-corrected chi connectivity index (χ4v) is 3.53. The van der Waals surface area contributed by atoms with Crippen molar-refractivity contribution in [1.29, 1.82) is 0 Å². The van der Waals surface area contributed by atoms with Gasteiger partial charge in [0.25, 0.3) is 0 Å². The van der Waals surface area contributed by atoms with Crippen molar-refractivity contribution >= 4 is 28.4 Å². The van der Waals surface area contributed by atoms with Crippen molar-refractivity contribution in [3.63, 3.8) is 0 Å². The van der Waals surface area contributed by atoms with Gasteiger partial charge in [-0.15, -0.1) is 0 Å². The first-order chi connectivity index (χ1) is 16.4. The smallest absolute Gasteiger partial charge is 0.313 e. The first kappa shape index (κ1) is 22.9. The number of anilines is 1. The van der Waals surface area contributed by atoms with Crippen LogP contribution < -0.4 is 20.1 Å². The highest BCUT2D eigenvalue weighted by molar-refractivity contribution is 6.39. The number of hydrogen-bond donors (Lipinski definition) is 3. The fourth-order valence-electron chi connectivity index (χ4n) is 3.53. The third kappa shape index (κ3) is 5.20. The number of ether oxygens (including phenoxy) is 2. The van der Waals surface area contributed by atoms with E-state index in [9.17, 15) is 9.59 Å². The van der Waals surface area contributed by atoms with Crippen LogP contribution in [0, 0.1) is 0 Å². The first-order valence-electron chi connectivity index (χ1n) is 10.8. The Bertz CT molecular complexity index is 1290. The van der Waals surface area contributed by atoms with Crippen molar-refractivity contribution in [1.82, 2.24) is 15.3 Å². The van der Waals surface area contributed by atoms with Gasteiger partial charge in [0.1, 0.15) is 11.5 Å². The third-order valence-electron chi connectivity index (χ3n) is 5.35. The molecular formula is C25H26N4O5. The number of nitrogens with one attached hydrogen (secondary N) is 3. The Morgan fingerprint density at radius 1 is 1.12 bits per heavy atom. The zero-order valence-electron chi connectivity index (χ0n) is 19.2. The molecule has 3 N–H and O–H groups in total. The topological polar surface area (TPSA) is 118 Å². The first-order valence-corrected chi connectivity index (χ1v) is 10.8. The lowest BCUT2D eigenvalue weighted by molar-refractivity contribution is -0.137. The molecule has 4 rings (SSSR count). The number of H-pyrrole nitrogens is 1. The van der Waals surface area contributed by atoms with Crippen LogP contribution in [0.4, 0.5) is 5.69 Å². The Kier molecular flexibility index (Phi) is 6.53. The maximum absolute atomic E-state index is 12.5. The minimum atomic E-state index is -0.777. The summed E-state index contributed by atoms with van der Waals surface area (Å²) in [6.07, 6.45) is 5.25. The zero-order chi connectivity index (χ0) is 24.1. The van der Waals surface area contributed by atoms with Crippen LogP contribution in [0.2, 0.25) is 0 Å². The summed E-state index contributed by atoms with van der Waals surface area (Å²) in [7, 11) is 1.51. The molecular weight excluding hydrogens is 436 g/mol. The molecule has 176 valence electrons. The van der Waals surface area contributed by atoms with Crippen molar-refractivity contribution in [3.05, 3.63) is 61.3 Å². The number of carbonyl (C=O) groups is 2. The average Bonchev–Trinajstić information content (AvgIpc) is 3.51. The van der Waals surface area contributed by atoms with Crippen molar-refractivity contribution in [2.45, 2.75) is 25.8 Å². The van der Waals surface area contributed by atoms with Gasteiger partial charge in [-0.3, -0.25) is 9.59 Å². The van der Waals surface area contributed by atoms with E-state index in [2.05, 4.69) is 20.6 Å². The van der Waals surface area contributed by atoms with E-state index in [1.807, 2.05) is 44.3 Å². The minimum absolute atomic E-state index is 0.374. The molecule has 0 spiro atoms. The molecule has 9 heteroatoms. The maximum atomic E-state index is 12.5. The molecule has 2 aromatic carbocycles. The molecule has 0 radical (unpaired) electrons. The minimum Gasteiger partial charge on any atom is -0.496 e. The summed E-state index contributed by atoms with van der Waals surface area (Å²) in [4.78, 5) is 32.1. The second-order valence-corrected chi connectivity index (χ2v) is 8.37. The predicted molar refractivity (Wildman–Crippen MR) is 128 cm³/mol. The third-order valence-corrected chi connectivity index (χ3v) is 5.35. The number of amides is 2. The van der Waals surface area contributed by atoms with E-state index in [0.29, 0.717) is 35.8 Å². The van der Waals surface area contributed by atoms with E-state index in [4.69, 9.17) is 13.9 Å². The molecule has 0 aliphatic heterocycles. The van der Waals surface area contributed by atoms with E-state index in [0.717, 1.165) is 16.7 Å². The van der Waals surface area contributed by atoms with Gasteiger partial charge in [-0.05, 0) is 44.2 Å².